The van der Waals surface area contributed by atoms with E-state index in [4.69, 9.17) is 4.42 Å². The number of nitro groups is 1. The molecule has 0 saturated heterocycles. The van der Waals surface area contributed by atoms with Gasteiger partial charge in [-0.3, -0.25) is 10.1 Å². The first-order chi connectivity index (χ1) is 9.65. The molecule has 1 heterocycles. The highest BCUT2D eigenvalue weighted by Gasteiger charge is 2.03. The molecule has 2 N–H and O–H groups in total. The molecular weight excluding hydrogens is 298 g/mol. The number of nitrogens with zero attached hydrogens (tertiary/aromatic N) is 1. The van der Waals surface area contributed by atoms with Crippen LogP contribution in [-0.4, -0.2) is 30.5 Å². The third-order valence-electron chi connectivity index (χ3n) is 2.30. The Morgan fingerprint density at radius 1 is 1.50 bits per heavy atom. The molecule has 20 heavy (non-hydrogen) atoms. The normalized spacial score (nSPS) is 11.6. The van der Waals surface area contributed by atoms with Gasteiger partial charge in [0.15, 0.2) is 0 Å². The second-order valence-corrected chi connectivity index (χ2v) is 5.81. The minimum Gasteiger partial charge on any atom is -0.464 e. The Labute approximate surface area is 126 Å². The molecule has 0 spiro atoms. The van der Waals surface area contributed by atoms with Crippen molar-refractivity contribution in [3.8, 4) is 0 Å². The van der Waals surface area contributed by atoms with Gasteiger partial charge in [-0.05, 0) is 25.4 Å². The van der Waals surface area contributed by atoms with E-state index in [1.807, 2.05) is 25.4 Å². The predicted octanol–water partition coefficient (Wildman–Crippen LogP) is 2.26. The fourth-order valence-electron chi connectivity index (χ4n) is 1.45. The van der Waals surface area contributed by atoms with Crippen LogP contribution in [0, 0.1) is 10.1 Å². The number of furan rings is 1. The zero-order chi connectivity index (χ0) is 14.8. The van der Waals surface area contributed by atoms with E-state index in [1.165, 1.54) is 11.8 Å². The van der Waals surface area contributed by atoms with Crippen molar-refractivity contribution in [2.24, 2.45) is 0 Å². The van der Waals surface area contributed by atoms with Crippen LogP contribution in [0.1, 0.15) is 11.5 Å². The summed E-state index contributed by atoms with van der Waals surface area (Å²) >= 11 is 3.06. The zero-order valence-electron chi connectivity index (χ0n) is 11.5. The van der Waals surface area contributed by atoms with Gasteiger partial charge in [-0.25, -0.2) is 0 Å². The predicted molar refractivity (Wildman–Crippen MR) is 84.2 cm³/mol. The number of thioether (sulfide) groups is 2. The van der Waals surface area contributed by atoms with Gasteiger partial charge in [0.1, 0.15) is 16.5 Å². The SMILES string of the molecule is CNCc1ccc(CSCCN/C(=C\[N+](=O)[O-])SC)o1. The third kappa shape index (κ3) is 6.88. The van der Waals surface area contributed by atoms with Crippen molar-refractivity contribution in [1.82, 2.24) is 10.6 Å². The second kappa shape index (κ2) is 9.73. The average Bonchev–Trinajstić information content (AvgIpc) is 2.84. The molecule has 112 valence electrons. The summed E-state index contributed by atoms with van der Waals surface area (Å²) in [7, 11) is 1.88. The lowest BCUT2D eigenvalue weighted by Crippen LogP contribution is -2.15. The summed E-state index contributed by atoms with van der Waals surface area (Å²) in [4.78, 5) is 9.90. The Morgan fingerprint density at radius 2 is 2.25 bits per heavy atom. The lowest BCUT2D eigenvalue weighted by molar-refractivity contribution is -0.403. The van der Waals surface area contributed by atoms with Gasteiger partial charge < -0.3 is 15.1 Å². The molecule has 1 rings (SSSR count). The van der Waals surface area contributed by atoms with Crippen LogP contribution >= 0.6 is 23.5 Å². The number of hydrogen-bond acceptors (Lipinski definition) is 7. The lowest BCUT2D eigenvalue weighted by atomic mass is 10.4. The van der Waals surface area contributed by atoms with Gasteiger partial charge in [0, 0.05) is 12.3 Å². The van der Waals surface area contributed by atoms with Crippen molar-refractivity contribution in [2.75, 3.05) is 25.6 Å². The number of hydrogen-bond donors (Lipinski definition) is 2. The summed E-state index contributed by atoms with van der Waals surface area (Å²) in [5.74, 6) is 3.54. The Morgan fingerprint density at radius 3 is 2.90 bits per heavy atom. The van der Waals surface area contributed by atoms with Crippen LogP contribution in [0.4, 0.5) is 0 Å². The van der Waals surface area contributed by atoms with E-state index in [-0.39, 0.29) is 0 Å². The Balaban J connectivity index is 2.19. The Bertz CT molecular complexity index is 449. The maximum Gasteiger partial charge on any atom is 0.263 e. The molecule has 0 fully saturated rings. The molecule has 0 bridgehead atoms. The standard InChI is InChI=1S/C12H19N3O3S2/c1-13-7-10-3-4-11(18-10)9-20-6-5-14-12(19-2)8-15(16)17/h3-4,8,13-14H,5-7,9H2,1-2H3/b12-8+. The van der Waals surface area contributed by atoms with Crippen molar-refractivity contribution < 1.29 is 9.34 Å². The molecule has 0 aliphatic rings. The second-order valence-electron chi connectivity index (χ2n) is 3.86. The molecule has 0 radical (unpaired) electrons. The van der Waals surface area contributed by atoms with Crippen LogP contribution in [0.15, 0.2) is 27.8 Å². The maximum atomic E-state index is 10.4. The molecule has 1 aromatic rings. The van der Waals surface area contributed by atoms with E-state index in [2.05, 4.69) is 10.6 Å². The van der Waals surface area contributed by atoms with E-state index >= 15 is 0 Å². The number of nitrogens with one attached hydrogen (secondary N) is 2. The van der Waals surface area contributed by atoms with Gasteiger partial charge in [0.2, 0.25) is 0 Å². The molecule has 0 aliphatic heterocycles. The summed E-state index contributed by atoms with van der Waals surface area (Å²) < 4.78 is 5.62. The summed E-state index contributed by atoms with van der Waals surface area (Å²) in [6, 6.07) is 3.95. The monoisotopic (exact) mass is 317 g/mol. The molecule has 6 nitrogen and oxygen atoms in total. The quantitative estimate of drug-likeness (QED) is 0.389. The van der Waals surface area contributed by atoms with Gasteiger partial charge in [-0.15, -0.1) is 11.8 Å². The summed E-state index contributed by atoms with van der Waals surface area (Å²) in [5.41, 5.74) is 0. The van der Waals surface area contributed by atoms with Gasteiger partial charge in [-0.1, -0.05) is 0 Å². The summed E-state index contributed by atoms with van der Waals surface area (Å²) in [6.07, 6.45) is 2.80. The molecular formula is C12H19N3O3S2. The Hall–Kier alpha value is -1.12. The van der Waals surface area contributed by atoms with Crippen molar-refractivity contribution in [3.63, 3.8) is 0 Å². The highest BCUT2D eigenvalue weighted by Crippen LogP contribution is 2.15. The third-order valence-corrected chi connectivity index (χ3v) is 3.97. The lowest BCUT2D eigenvalue weighted by Gasteiger charge is -2.05. The fourth-order valence-corrected chi connectivity index (χ4v) is 2.64. The first-order valence-electron chi connectivity index (χ1n) is 6.08. The van der Waals surface area contributed by atoms with Crippen molar-refractivity contribution in [1.29, 1.82) is 0 Å². The molecule has 1 aromatic heterocycles. The number of rotatable bonds is 10. The molecule has 0 aliphatic carbocycles. The van der Waals surface area contributed by atoms with Gasteiger partial charge in [0.25, 0.3) is 6.20 Å². The largest absolute Gasteiger partial charge is 0.464 e. The first kappa shape index (κ1) is 16.9. The van der Waals surface area contributed by atoms with Crippen LogP contribution in [0.25, 0.3) is 0 Å². The van der Waals surface area contributed by atoms with E-state index in [1.54, 1.807) is 11.8 Å². The average molecular weight is 317 g/mol. The summed E-state index contributed by atoms with van der Waals surface area (Å²) in [5, 5.41) is 17.0. The topological polar surface area (TPSA) is 80.3 Å². The van der Waals surface area contributed by atoms with Crippen molar-refractivity contribution >= 4 is 23.5 Å². The van der Waals surface area contributed by atoms with Crippen LogP contribution in [0.3, 0.4) is 0 Å². The molecule has 0 aromatic carbocycles. The molecule has 8 heteroatoms. The highest BCUT2D eigenvalue weighted by molar-refractivity contribution is 8.02. The first-order valence-corrected chi connectivity index (χ1v) is 8.46. The Kier molecular flexibility index (Phi) is 8.24. The van der Waals surface area contributed by atoms with E-state index in [0.717, 1.165) is 35.8 Å². The van der Waals surface area contributed by atoms with E-state index in [9.17, 15) is 10.1 Å². The van der Waals surface area contributed by atoms with Crippen LogP contribution in [0.5, 0.6) is 0 Å². The highest BCUT2D eigenvalue weighted by atomic mass is 32.2. The van der Waals surface area contributed by atoms with Crippen LogP contribution in [0.2, 0.25) is 0 Å². The fraction of sp³-hybridized carbons (Fsp3) is 0.500. The van der Waals surface area contributed by atoms with Gasteiger partial charge in [0.05, 0.1) is 17.2 Å². The molecule has 0 atom stereocenters. The minimum atomic E-state index is -0.446. The molecule has 0 unspecified atom stereocenters. The zero-order valence-corrected chi connectivity index (χ0v) is 13.2. The summed E-state index contributed by atoms with van der Waals surface area (Å²) in [6.45, 7) is 1.42. The van der Waals surface area contributed by atoms with Gasteiger partial charge in [-0.2, -0.15) is 11.8 Å². The van der Waals surface area contributed by atoms with E-state index in [0.29, 0.717) is 11.6 Å². The van der Waals surface area contributed by atoms with Crippen LogP contribution in [-0.2, 0) is 12.3 Å². The smallest absolute Gasteiger partial charge is 0.263 e. The van der Waals surface area contributed by atoms with E-state index < -0.39 is 4.92 Å². The minimum absolute atomic E-state index is 0.446. The van der Waals surface area contributed by atoms with Gasteiger partial charge >= 0.3 is 0 Å². The molecule has 0 amide bonds. The maximum absolute atomic E-state index is 10.4. The van der Waals surface area contributed by atoms with Crippen molar-refractivity contribution in [2.45, 2.75) is 12.3 Å². The molecule has 0 saturated carbocycles. The van der Waals surface area contributed by atoms with Crippen molar-refractivity contribution in [3.05, 3.63) is 45.0 Å². The van der Waals surface area contributed by atoms with Crippen LogP contribution < -0.4 is 10.6 Å².